The first-order valence-corrected chi connectivity index (χ1v) is 9.97. The van der Waals surface area contributed by atoms with E-state index in [1.54, 1.807) is 0 Å². The number of rotatable bonds is 5. The molecule has 2 N–H and O–H groups in total. The monoisotopic (exact) mass is 421 g/mol. The second kappa shape index (κ2) is 6.73. The number of hydrogen-bond acceptors (Lipinski definition) is 7. The summed E-state index contributed by atoms with van der Waals surface area (Å²) in [4.78, 5) is 26.8. The molecule has 0 unspecified atom stereocenters. The smallest absolute Gasteiger partial charge is 0.289 e. The second-order valence-electron chi connectivity index (χ2n) is 5.50. The molecule has 12 heteroatoms. The lowest BCUT2D eigenvalue weighted by molar-refractivity contribution is 0.103. The average molecular weight is 421 g/mol. The summed E-state index contributed by atoms with van der Waals surface area (Å²) >= 11 is 0.825. The minimum Gasteiger partial charge on any atom is -0.345 e. The molecule has 3 heterocycles. The third-order valence-electron chi connectivity index (χ3n) is 3.80. The fourth-order valence-electron chi connectivity index (χ4n) is 2.55. The van der Waals surface area contributed by atoms with E-state index in [0.717, 1.165) is 23.5 Å². The van der Waals surface area contributed by atoms with Crippen molar-refractivity contribution >= 4 is 43.9 Å². The standard InChI is InChI=1S/C16H9F2N5O3S2/c17-10-1-2-11(23-28(25,26)16-20-3-4-27-16)13(18)12(10)14(24)8-6-21-15-9(8)5-19-7-22-15/h1-7,23H,(H,19,21,22). The Morgan fingerprint density at radius 2 is 2.04 bits per heavy atom. The molecule has 0 aliphatic rings. The molecule has 0 aliphatic heterocycles. The molecule has 142 valence electrons. The Morgan fingerprint density at radius 1 is 1.21 bits per heavy atom. The number of halogens is 2. The van der Waals surface area contributed by atoms with Gasteiger partial charge in [-0.3, -0.25) is 9.52 Å². The highest BCUT2D eigenvalue weighted by atomic mass is 32.2. The second-order valence-corrected chi connectivity index (χ2v) is 8.25. The number of H-pyrrole nitrogens is 1. The molecule has 0 fully saturated rings. The van der Waals surface area contributed by atoms with Crippen LogP contribution in [0.15, 0.2) is 46.8 Å². The van der Waals surface area contributed by atoms with Crippen molar-refractivity contribution in [2.75, 3.05) is 4.72 Å². The molecule has 28 heavy (non-hydrogen) atoms. The number of aromatic nitrogens is 4. The molecule has 0 bridgehead atoms. The number of thiazole rings is 1. The van der Waals surface area contributed by atoms with Crippen LogP contribution >= 0.6 is 11.3 Å². The van der Waals surface area contributed by atoms with Gasteiger partial charge in [-0.25, -0.2) is 23.7 Å². The molecule has 0 atom stereocenters. The van der Waals surface area contributed by atoms with Crippen molar-refractivity contribution in [2.45, 2.75) is 4.34 Å². The number of nitrogens with zero attached hydrogens (tertiary/aromatic N) is 3. The zero-order valence-corrected chi connectivity index (χ0v) is 15.3. The van der Waals surface area contributed by atoms with Gasteiger partial charge in [-0.2, -0.15) is 8.42 Å². The summed E-state index contributed by atoms with van der Waals surface area (Å²) < 4.78 is 55.4. The molecular weight excluding hydrogens is 412 g/mol. The van der Waals surface area contributed by atoms with Gasteiger partial charge in [0.15, 0.2) is 5.82 Å². The molecule has 0 aliphatic carbocycles. The third kappa shape index (κ3) is 3.01. The number of carbonyl (C=O) groups excluding carboxylic acids is 1. The topological polar surface area (TPSA) is 118 Å². The van der Waals surface area contributed by atoms with Gasteiger partial charge in [-0.1, -0.05) is 0 Å². The summed E-state index contributed by atoms with van der Waals surface area (Å²) in [6.45, 7) is 0. The Kier molecular flexibility index (Phi) is 4.35. The molecule has 0 spiro atoms. The SMILES string of the molecule is O=C(c1c(F)ccc(NS(=O)(=O)c2nccs2)c1F)c1c[nH]c2ncncc12. The third-order valence-corrected chi connectivity index (χ3v) is 6.37. The number of hydrogen-bond donors (Lipinski definition) is 2. The molecule has 0 amide bonds. The number of sulfonamides is 1. The van der Waals surface area contributed by atoms with Crippen LogP contribution in [0.5, 0.6) is 0 Å². The van der Waals surface area contributed by atoms with Gasteiger partial charge in [0.25, 0.3) is 10.0 Å². The first-order valence-electron chi connectivity index (χ1n) is 7.60. The Hall–Kier alpha value is -3.25. The van der Waals surface area contributed by atoms with Crippen molar-refractivity contribution < 1.29 is 22.0 Å². The molecule has 0 radical (unpaired) electrons. The maximum atomic E-state index is 14.9. The Labute approximate surface area is 160 Å². The summed E-state index contributed by atoms with van der Waals surface area (Å²) in [6, 6.07) is 1.70. The molecule has 8 nitrogen and oxygen atoms in total. The molecule has 4 rings (SSSR count). The van der Waals surface area contributed by atoms with Crippen LogP contribution in [0.25, 0.3) is 11.0 Å². The lowest BCUT2D eigenvalue weighted by Gasteiger charge is -2.10. The van der Waals surface area contributed by atoms with E-state index in [1.165, 1.54) is 30.3 Å². The highest BCUT2D eigenvalue weighted by molar-refractivity contribution is 7.94. The summed E-state index contributed by atoms with van der Waals surface area (Å²) in [6.07, 6.45) is 5.11. The van der Waals surface area contributed by atoms with Crippen LogP contribution < -0.4 is 4.72 Å². The van der Waals surface area contributed by atoms with E-state index in [4.69, 9.17) is 0 Å². The van der Waals surface area contributed by atoms with Crippen LogP contribution in [-0.4, -0.2) is 34.1 Å². The van der Waals surface area contributed by atoms with Crippen LogP contribution in [-0.2, 0) is 10.0 Å². The van der Waals surface area contributed by atoms with Crippen LogP contribution in [0.3, 0.4) is 0 Å². The molecule has 0 saturated heterocycles. The van der Waals surface area contributed by atoms with Gasteiger partial charge in [0, 0.05) is 29.4 Å². The van der Waals surface area contributed by atoms with E-state index >= 15 is 0 Å². The first kappa shape index (κ1) is 18.1. The van der Waals surface area contributed by atoms with E-state index in [0.29, 0.717) is 5.65 Å². The normalized spacial score (nSPS) is 11.6. The molecular formula is C16H9F2N5O3S2. The average Bonchev–Trinajstić information content (AvgIpc) is 3.34. The minimum atomic E-state index is -4.18. The Bertz CT molecular complexity index is 1300. The largest absolute Gasteiger partial charge is 0.345 e. The van der Waals surface area contributed by atoms with E-state index in [-0.39, 0.29) is 15.3 Å². The quantitative estimate of drug-likeness (QED) is 0.479. The minimum absolute atomic E-state index is 0.0478. The first-order chi connectivity index (χ1) is 13.4. The predicted molar refractivity (Wildman–Crippen MR) is 96.6 cm³/mol. The van der Waals surface area contributed by atoms with E-state index in [9.17, 15) is 22.0 Å². The number of aromatic amines is 1. The Morgan fingerprint density at radius 3 is 2.79 bits per heavy atom. The fraction of sp³-hybridized carbons (Fsp3) is 0. The van der Waals surface area contributed by atoms with Crippen molar-refractivity contribution in [3.05, 3.63) is 65.2 Å². The van der Waals surface area contributed by atoms with Crippen molar-refractivity contribution in [2.24, 2.45) is 0 Å². The summed E-state index contributed by atoms with van der Waals surface area (Å²) in [5.74, 6) is -3.45. The van der Waals surface area contributed by atoms with Crippen LogP contribution in [0.1, 0.15) is 15.9 Å². The maximum absolute atomic E-state index is 14.9. The summed E-state index contributed by atoms with van der Waals surface area (Å²) in [7, 11) is -4.18. The predicted octanol–water partition coefficient (Wildman–Crippen LogP) is 2.72. The lowest BCUT2D eigenvalue weighted by atomic mass is 10.0. The van der Waals surface area contributed by atoms with Gasteiger partial charge in [0.05, 0.1) is 16.8 Å². The van der Waals surface area contributed by atoms with E-state index < -0.39 is 38.7 Å². The van der Waals surface area contributed by atoms with Crippen molar-refractivity contribution in [1.82, 2.24) is 19.9 Å². The fourth-order valence-corrected chi connectivity index (χ4v) is 4.45. The summed E-state index contributed by atoms with van der Waals surface area (Å²) in [5.41, 5.74) is -1.20. The number of ketones is 1. The number of anilines is 1. The van der Waals surface area contributed by atoms with Crippen molar-refractivity contribution in [3.8, 4) is 0 Å². The zero-order chi connectivity index (χ0) is 19.9. The highest BCUT2D eigenvalue weighted by Crippen LogP contribution is 2.28. The summed E-state index contributed by atoms with van der Waals surface area (Å²) in [5, 5.41) is 1.71. The van der Waals surface area contributed by atoms with Gasteiger partial charge in [-0.05, 0) is 12.1 Å². The van der Waals surface area contributed by atoms with Crippen molar-refractivity contribution in [1.29, 1.82) is 0 Å². The van der Waals surface area contributed by atoms with Gasteiger partial charge in [0.2, 0.25) is 10.1 Å². The van der Waals surface area contributed by atoms with Gasteiger partial charge in [0.1, 0.15) is 17.8 Å². The number of carbonyl (C=O) groups is 1. The molecule has 0 saturated carbocycles. The maximum Gasteiger partial charge on any atom is 0.289 e. The number of benzene rings is 1. The lowest BCUT2D eigenvalue weighted by Crippen LogP contribution is -2.16. The number of fused-ring (bicyclic) bond motifs is 1. The van der Waals surface area contributed by atoms with E-state index in [2.05, 4.69) is 19.9 Å². The van der Waals surface area contributed by atoms with Crippen LogP contribution in [0, 0.1) is 11.6 Å². The van der Waals surface area contributed by atoms with Gasteiger partial charge in [-0.15, -0.1) is 11.3 Å². The Balaban J connectivity index is 1.78. The highest BCUT2D eigenvalue weighted by Gasteiger charge is 2.27. The zero-order valence-electron chi connectivity index (χ0n) is 13.7. The molecule has 4 aromatic rings. The molecule has 1 aromatic carbocycles. The van der Waals surface area contributed by atoms with E-state index in [1.807, 2.05) is 4.72 Å². The van der Waals surface area contributed by atoms with Crippen LogP contribution in [0.4, 0.5) is 14.5 Å². The van der Waals surface area contributed by atoms with Crippen molar-refractivity contribution in [3.63, 3.8) is 0 Å². The molecule has 3 aromatic heterocycles. The van der Waals surface area contributed by atoms with Crippen LogP contribution in [0.2, 0.25) is 0 Å². The van der Waals surface area contributed by atoms with Gasteiger partial charge < -0.3 is 4.98 Å². The number of nitrogens with one attached hydrogen (secondary N) is 2. The van der Waals surface area contributed by atoms with Gasteiger partial charge >= 0.3 is 0 Å².